The molecule has 0 atom stereocenters. The molecule has 0 spiro atoms. The minimum Gasteiger partial charge on any atom is -0.283 e. The van der Waals surface area contributed by atoms with Crippen molar-refractivity contribution < 1.29 is 0 Å². The number of para-hydroxylation sites is 1. The van der Waals surface area contributed by atoms with Gasteiger partial charge in [-0.3, -0.25) is 9.48 Å². The molecular formula is C29H27N5OS2. The van der Waals surface area contributed by atoms with Crippen molar-refractivity contribution in [1.82, 2.24) is 14.0 Å². The van der Waals surface area contributed by atoms with Crippen LogP contribution in [0.4, 0.5) is 5.69 Å². The molecule has 3 aromatic heterocycles. The van der Waals surface area contributed by atoms with E-state index in [4.69, 9.17) is 10.1 Å². The Labute approximate surface area is 223 Å². The number of hydrogen-bond donors (Lipinski definition) is 0. The van der Waals surface area contributed by atoms with Crippen molar-refractivity contribution in [1.29, 1.82) is 0 Å². The molecule has 0 N–H and O–H groups in total. The van der Waals surface area contributed by atoms with Gasteiger partial charge in [-0.1, -0.05) is 48.5 Å². The molecule has 3 heterocycles. The molecule has 6 rings (SSSR count). The van der Waals surface area contributed by atoms with Crippen LogP contribution in [0.3, 0.4) is 0 Å². The number of thiophene rings is 1. The highest BCUT2D eigenvalue weighted by atomic mass is 32.1. The summed E-state index contributed by atoms with van der Waals surface area (Å²) < 4.78 is 5.47. The van der Waals surface area contributed by atoms with E-state index >= 15 is 0 Å². The number of fused-ring (bicyclic) bond motifs is 1. The van der Waals surface area contributed by atoms with Crippen molar-refractivity contribution in [3.63, 3.8) is 0 Å². The van der Waals surface area contributed by atoms with Gasteiger partial charge in [-0.25, -0.2) is 14.4 Å². The van der Waals surface area contributed by atoms with E-state index in [0.717, 1.165) is 53.3 Å². The Balaban J connectivity index is 1.57. The highest BCUT2D eigenvalue weighted by molar-refractivity contribution is 7.14. The molecule has 2 aromatic carbocycles. The lowest BCUT2D eigenvalue weighted by molar-refractivity contribution is 0.630. The first kappa shape index (κ1) is 23.6. The largest absolute Gasteiger partial charge is 0.297 e. The number of aryl methyl sites for hydroxylation is 1. The maximum Gasteiger partial charge on any atom is 0.297 e. The number of rotatable bonds is 4. The molecule has 0 radical (unpaired) electrons. The van der Waals surface area contributed by atoms with Crippen LogP contribution in [0.5, 0.6) is 0 Å². The van der Waals surface area contributed by atoms with Gasteiger partial charge >= 0.3 is 0 Å². The van der Waals surface area contributed by atoms with Crippen LogP contribution in [0.1, 0.15) is 36.1 Å². The zero-order chi connectivity index (χ0) is 25.4. The summed E-state index contributed by atoms with van der Waals surface area (Å²) in [6, 6.07) is 22.4. The highest BCUT2D eigenvalue weighted by Crippen LogP contribution is 2.27. The number of hydrogen-bond acceptors (Lipinski definition) is 5. The van der Waals surface area contributed by atoms with Gasteiger partial charge in [0.25, 0.3) is 5.56 Å². The van der Waals surface area contributed by atoms with Crippen LogP contribution < -0.4 is 10.4 Å². The van der Waals surface area contributed by atoms with Crippen LogP contribution in [-0.2, 0) is 13.5 Å². The Bertz CT molecular complexity index is 1720. The van der Waals surface area contributed by atoms with E-state index in [-0.39, 0.29) is 5.56 Å². The fourth-order valence-corrected chi connectivity index (χ4v) is 6.46. The third kappa shape index (κ3) is 4.36. The van der Waals surface area contributed by atoms with E-state index in [1.54, 1.807) is 16.0 Å². The van der Waals surface area contributed by atoms with Crippen molar-refractivity contribution in [3.05, 3.63) is 109 Å². The fraction of sp³-hybridized carbons (Fsp3) is 0.207. The molecule has 0 amide bonds. The molecule has 0 unspecified atom stereocenters. The van der Waals surface area contributed by atoms with E-state index in [1.165, 1.54) is 22.5 Å². The molecular weight excluding hydrogens is 498 g/mol. The Morgan fingerprint density at radius 3 is 2.49 bits per heavy atom. The van der Waals surface area contributed by atoms with E-state index < -0.39 is 0 Å². The zero-order valence-corrected chi connectivity index (χ0v) is 22.4. The van der Waals surface area contributed by atoms with Gasteiger partial charge in [0, 0.05) is 18.0 Å². The molecule has 0 aliphatic heterocycles. The standard InChI is InChI=1S/C29H27N5OS2/c1-20-27(28(35)34(32(20)2)22-13-4-3-5-14-22)30-29-33(25(19-37-29)26-17-10-18-36-26)31-24-16-9-7-12-21-11-6-8-15-23(21)24/h3-6,8,10-11,13-15,17-19H,7,9,12,16H2,1-2H3. The fourth-order valence-electron chi connectivity index (χ4n) is 4.83. The highest BCUT2D eigenvalue weighted by Gasteiger charge is 2.19. The Hall–Kier alpha value is -3.75. The monoisotopic (exact) mass is 525 g/mol. The molecule has 0 fully saturated rings. The minimum absolute atomic E-state index is 0.142. The smallest absolute Gasteiger partial charge is 0.283 e. The van der Waals surface area contributed by atoms with E-state index in [0.29, 0.717) is 10.5 Å². The molecule has 0 saturated carbocycles. The summed E-state index contributed by atoms with van der Waals surface area (Å²) in [5.74, 6) is 0. The summed E-state index contributed by atoms with van der Waals surface area (Å²) >= 11 is 3.19. The first-order valence-electron chi connectivity index (χ1n) is 12.4. The zero-order valence-electron chi connectivity index (χ0n) is 20.8. The molecule has 1 aliphatic carbocycles. The van der Waals surface area contributed by atoms with Crippen LogP contribution in [0.25, 0.3) is 16.3 Å². The third-order valence-corrected chi connectivity index (χ3v) is 8.56. The predicted molar refractivity (Wildman–Crippen MR) is 153 cm³/mol. The van der Waals surface area contributed by atoms with Crippen molar-refractivity contribution in [3.8, 4) is 16.3 Å². The van der Waals surface area contributed by atoms with Gasteiger partial charge < -0.3 is 0 Å². The number of nitrogens with zero attached hydrogens (tertiary/aromatic N) is 5. The molecule has 0 bridgehead atoms. The van der Waals surface area contributed by atoms with Gasteiger partial charge in [0.2, 0.25) is 4.80 Å². The summed E-state index contributed by atoms with van der Waals surface area (Å²) in [6.45, 7) is 1.94. The summed E-state index contributed by atoms with van der Waals surface area (Å²) in [5.41, 5.74) is 6.52. The second-order valence-electron chi connectivity index (χ2n) is 9.13. The number of benzene rings is 2. The Kier molecular flexibility index (Phi) is 6.36. The lowest BCUT2D eigenvalue weighted by Crippen LogP contribution is -2.20. The van der Waals surface area contributed by atoms with Crippen molar-refractivity contribution >= 4 is 34.1 Å². The molecule has 8 heteroatoms. The van der Waals surface area contributed by atoms with Gasteiger partial charge in [-0.15, -0.1) is 22.7 Å². The van der Waals surface area contributed by atoms with Crippen molar-refractivity contribution in [2.75, 3.05) is 0 Å². The normalized spacial score (nSPS) is 15.2. The molecule has 37 heavy (non-hydrogen) atoms. The van der Waals surface area contributed by atoms with Crippen LogP contribution in [0.2, 0.25) is 0 Å². The quantitative estimate of drug-likeness (QED) is 0.255. The summed E-state index contributed by atoms with van der Waals surface area (Å²) in [6.07, 6.45) is 4.23. The number of thiazole rings is 1. The topological polar surface area (TPSA) is 56.6 Å². The molecule has 6 nitrogen and oxygen atoms in total. The van der Waals surface area contributed by atoms with Crippen LogP contribution >= 0.6 is 22.7 Å². The van der Waals surface area contributed by atoms with Gasteiger partial charge in [0.1, 0.15) is 0 Å². The van der Waals surface area contributed by atoms with Crippen LogP contribution in [0.15, 0.2) is 92.4 Å². The van der Waals surface area contributed by atoms with Crippen LogP contribution in [-0.4, -0.2) is 19.8 Å². The Morgan fingerprint density at radius 1 is 0.892 bits per heavy atom. The van der Waals surface area contributed by atoms with E-state index in [1.807, 2.05) is 59.7 Å². The van der Waals surface area contributed by atoms with Crippen molar-refractivity contribution in [2.45, 2.75) is 32.6 Å². The average molecular weight is 526 g/mol. The van der Waals surface area contributed by atoms with E-state index in [2.05, 4.69) is 41.1 Å². The third-order valence-electron chi connectivity index (χ3n) is 6.85. The number of aromatic nitrogens is 3. The average Bonchev–Trinajstić information content (AvgIpc) is 3.59. The Morgan fingerprint density at radius 2 is 1.68 bits per heavy atom. The van der Waals surface area contributed by atoms with Crippen LogP contribution in [0, 0.1) is 6.92 Å². The predicted octanol–water partition coefficient (Wildman–Crippen LogP) is 6.29. The van der Waals surface area contributed by atoms with Gasteiger partial charge in [-0.05, 0) is 61.7 Å². The van der Waals surface area contributed by atoms with Gasteiger partial charge in [0.05, 0.1) is 27.7 Å². The first-order chi connectivity index (χ1) is 18.1. The van der Waals surface area contributed by atoms with Gasteiger partial charge in [0.15, 0.2) is 5.69 Å². The summed E-state index contributed by atoms with van der Waals surface area (Å²) in [5, 5.41) is 9.38. The van der Waals surface area contributed by atoms with Crippen molar-refractivity contribution in [2.24, 2.45) is 17.1 Å². The lowest BCUT2D eigenvalue weighted by Gasteiger charge is -2.09. The minimum atomic E-state index is -0.142. The summed E-state index contributed by atoms with van der Waals surface area (Å²) in [7, 11) is 1.89. The molecule has 1 aliphatic rings. The molecule has 5 aromatic rings. The molecule has 186 valence electrons. The second-order valence-corrected chi connectivity index (χ2v) is 10.9. The second kappa shape index (κ2) is 9.95. The van der Waals surface area contributed by atoms with Gasteiger partial charge in [-0.2, -0.15) is 5.10 Å². The SMILES string of the molecule is Cc1c(N=c2scc(-c3cccs3)n2N=C2CCCCc3ccccc32)c(=O)n(-c2ccccc2)n1C. The maximum atomic E-state index is 13.6. The first-order valence-corrected chi connectivity index (χ1v) is 14.2. The van der Waals surface area contributed by atoms with E-state index in [9.17, 15) is 4.79 Å². The maximum absolute atomic E-state index is 13.6. The lowest BCUT2D eigenvalue weighted by atomic mass is 10.0. The summed E-state index contributed by atoms with van der Waals surface area (Å²) in [4.78, 5) is 20.3. The molecule has 0 saturated heterocycles.